The first-order valence-electron chi connectivity index (χ1n) is 7.75. The number of hydrogen-bond donors (Lipinski definition) is 1. The Morgan fingerprint density at radius 2 is 1.95 bits per heavy atom. The van der Waals surface area contributed by atoms with E-state index in [4.69, 9.17) is 9.47 Å². The van der Waals surface area contributed by atoms with Gasteiger partial charge in [-0.2, -0.15) is 0 Å². The molecule has 1 rings (SSSR count). The highest BCUT2D eigenvalue weighted by atomic mass is 16.5. The summed E-state index contributed by atoms with van der Waals surface area (Å²) < 4.78 is 10.9. The molecule has 1 aliphatic heterocycles. The van der Waals surface area contributed by atoms with Gasteiger partial charge in [0.25, 0.3) is 0 Å². The monoisotopic (exact) mass is 286 g/mol. The van der Waals surface area contributed by atoms with Gasteiger partial charge in [-0.25, -0.2) is 0 Å². The van der Waals surface area contributed by atoms with E-state index < -0.39 is 0 Å². The van der Waals surface area contributed by atoms with E-state index >= 15 is 0 Å². The minimum absolute atomic E-state index is 0.00446. The molecule has 0 saturated carbocycles. The zero-order chi connectivity index (χ0) is 15.0. The van der Waals surface area contributed by atoms with Crippen LogP contribution in [0.5, 0.6) is 0 Å². The van der Waals surface area contributed by atoms with E-state index in [1.807, 2.05) is 27.7 Å². The van der Waals surface area contributed by atoms with Crippen molar-refractivity contribution in [3.63, 3.8) is 0 Å². The standard InChI is InChI=1S/C15H30N2O3/c1-12(2)19-10-6-9-17-8-5-7-14(17)15(18)16-11-20-13(3)4/h12-14H,5-11H2,1-4H3,(H,16,18). The molecule has 118 valence electrons. The lowest BCUT2D eigenvalue weighted by Crippen LogP contribution is -2.44. The summed E-state index contributed by atoms with van der Waals surface area (Å²) in [5.41, 5.74) is 0. The third kappa shape index (κ3) is 6.68. The van der Waals surface area contributed by atoms with Crippen LogP contribution in [-0.2, 0) is 14.3 Å². The van der Waals surface area contributed by atoms with Crippen LogP contribution in [0.1, 0.15) is 47.0 Å². The Morgan fingerprint density at radius 1 is 1.25 bits per heavy atom. The summed E-state index contributed by atoms with van der Waals surface area (Å²) in [5, 5.41) is 2.86. The summed E-state index contributed by atoms with van der Waals surface area (Å²) in [6.07, 6.45) is 3.43. The molecule has 1 saturated heterocycles. The highest BCUT2D eigenvalue weighted by Crippen LogP contribution is 2.17. The van der Waals surface area contributed by atoms with Crippen LogP contribution in [0.2, 0.25) is 0 Å². The van der Waals surface area contributed by atoms with Gasteiger partial charge in [-0.15, -0.1) is 0 Å². The summed E-state index contributed by atoms with van der Waals surface area (Å²) >= 11 is 0. The Labute approximate surface area is 123 Å². The zero-order valence-corrected chi connectivity index (χ0v) is 13.4. The van der Waals surface area contributed by atoms with Crippen LogP contribution >= 0.6 is 0 Å². The van der Waals surface area contributed by atoms with E-state index in [0.717, 1.165) is 39.0 Å². The van der Waals surface area contributed by atoms with Gasteiger partial charge in [-0.3, -0.25) is 9.69 Å². The molecular formula is C15H30N2O3. The van der Waals surface area contributed by atoms with Gasteiger partial charge in [0.1, 0.15) is 6.73 Å². The molecule has 1 atom stereocenters. The lowest BCUT2D eigenvalue weighted by Gasteiger charge is -2.24. The number of carbonyl (C=O) groups excluding carboxylic acids is 1. The van der Waals surface area contributed by atoms with Crippen molar-refractivity contribution in [3.05, 3.63) is 0 Å². The van der Waals surface area contributed by atoms with Crippen molar-refractivity contribution >= 4 is 5.91 Å². The van der Waals surface area contributed by atoms with Crippen molar-refractivity contribution in [3.8, 4) is 0 Å². The Morgan fingerprint density at radius 3 is 2.60 bits per heavy atom. The molecule has 5 heteroatoms. The summed E-state index contributed by atoms with van der Waals surface area (Å²) in [5.74, 6) is 0.0907. The molecule has 0 aromatic carbocycles. The van der Waals surface area contributed by atoms with Gasteiger partial charge < -0.3 is 14.8 Å². The second-order valence-corrected chi connectivity index (χ2v) is 5.87. The van der Waals surface area contributed by atoms with Gasteiger partial charge in [0.15, 0.2) is 0 Å². The molecule has 0 bridgehead atoms. The highest BCUT2D eigenvalue weighted by molar-refractivity contribution is 5.81. The minimum atomic E-state index is 0.00446. The Kier molecular flexibility index (Phi) is 8.11. The van der Waals surface area contributed by atoms with E-state index in [-0.39, 0.29) is 24.2 Å². The summed E-state index contributed by atoms with van der Waals surface area (Å²) in [7, 11) is 0. The summed E-state index contributed by atoms with van der Waals surface area (Å²) in [6.45, 7) is 11.0. The zero-order valence-electron chi connectivity index (χ0n) is 13.4. The lowest BCUT2D eigenvalue weighted by atomic mass is 10.2. The molecule has 0 aromatic rings. The second kappa shape index (κ2) is 9.32. The number of hydrogen-bond acceptors (Lipinski definition) is 4. The van der Waals surface area contributed by atoms with Gasteiger partial charge in [0, 0.05) is 13.2 Å². The first-order valence-corrected chi connectivity index (χ1v) is 7.75. The number of likely N-dealkylation sites (tertiary alicyclic amines) is 1. The minimum Gasteiger partial charge on any atom is -0.379 e. The number of rotatable bonds is 9. The van der Waals surface area contributed by atoms with Crippen molar-refractivity contribution in [2.75, 3.05) is 26.4 Å². The number of nitrogens with one attached hydrogen (secondary N) is 1. The number of amides is 1. The first kappa shape index (κ1) is 17.4. The number of carbonyl (C=O) groups is 1. The molecule has 1 heterocycles. The predicted molar refractivity (Wildman–Crippen MR) is 79.5 cm³/mol. The molecule has 0 aromatic heterocycles. The fraction of sp³-hybridized carbons (Fsp3) is 0.933. The van der Waals surface area contributed by atoms with E-state index in [1.54, 1.807) is 0 Å². The van der Waals surface area contributed by atoms with E-state index in [1.165, 1.54) is 0 Å². The van der Waals surface area contributed by atoms with Crippen molar-refractivity contribution in [2.24, 2.45) is 0 Å². The molecule has 1 unspecified atom stereocenters. The van der Waals surface area contributed by atoms with Crippen LogP contribution in [0, 0.1) is 0 Å². The van der Waals surface area contributed by atoms with Crippen LogP contribution in [0.15, 0.2) is 0 Å². The molecule has 1 fully saturated rings. The van der Waals surface area contributed by atoms with Crippen molar-refractivity contribution in [2.45, 2.75) is 65.2 Å². The maximum absolute atomic E-state index is 12.1. The van der Waals surface area contributed by atoms with Gasteiger partial charge in [-0.05, 0) is 53.5 Å². The Balaban J connectivity index is 2.23. The van der Waals surface area contributed by atoms with Gasteiger partial charge >= 0.3 is 0 Å². The largest absolute Gasteiger partial charge is 0.379 e. The van der Waals surface area contributed by atoms with Crippen LogP contribution in [0.25, 0.3) is 0 Å². The third-order valence-corrected chi connectivity index (χ3v) is 3.37. The molecule has 1 amide bonds. The van der Waals surface area contributed by atoms with Crippen LogP contribution in [0.4, 0.5) is 0 Å². The van der Waals surface area contributed by atoms with Crippen LogP contribution < -0.4 is 5.32 Å². The Bertz CT molecular complexity index is 282. The highest BCUT2D eigenvalue weighted by Gasteiger charge is 2.29. The average Bonchev–Trinajstić information content (AvgIpc) is 2.82. The quantitative estimate of drug-likeness (QED) is 0.518. The third-order valence-electron chi connectivity index (χ3n) is 3.37. The van der Waals surface area contributed by atoms with Crippen molar-refractivity contribution < 1.29 is 14.3 Å². The molecule has 0 spiro atoms. The fourth-order valence-corrected chi connectivity index (χ4v) is 2.37. The van der Waals surface area contributed by atoms with Crippen LogP contribution in [-0.4, -0.2) is 55.5 Å². The van der Waals surface area contributed by atoms with Gasteiger partial charge in [0.2, 0.25) is 5.91 Å². The van der Waals surface area contributed by atoms with Gasteiger partial charge in [-0.1, -0.05) is 0 Å². The first-order chi connectivity index (χ1) is 9.50. The van der Waals surface area contributed by atoms with E-state index in [0.29, 0.717) is 6.73 Å². The molecule has 0 radical (unpaired) electrons. The average molecular weight is 286 g/mol. The smallest absolute Gasteiger partial charge is 0.239 e. The number of nitrogens with zero attached hydrogens (tertiary/aromatic N) is 1. The topological polar surface area (TPSA) is 50.8 Å². The number of ether oxygens (including phenoxy) is 2. The SMILES string of the molecule is CC(C)OCCCN1CCCC1C(=O)NCOC(C)C. The molecule has 1 aliphatic rings. The summed E-state index contributed by atoms with van der Waals surface area (Å²) in [6, 6.07) is 0.00446. The van der Waals surface area contributed by atoms with Crippen molar-refractivity contribution in [1.82, 2.24) is 10.2 Å². The van der Waals surface area contributed by atoms with Crippen molar-refractivity contribution in [1.29, 1.82) is 0 Å². The van der Waals surface area contributed by atoms with Gasteiger partial charge in [0.05, 0.1) is 18.2 Å². The molecular weight excluding hydrogens is 256 g/mol. The molecule has 0 aliphatic carbocycles. The normalized spacial score (nSPS) is 20.0. The lowest BCUT2D eigenvalue weighted by molar-refractivity contribution is -0.127. The maximum Gasteiger partial charge on any atom is 0.239 e. The molecule has 20 heavy (non-hydrogen) atoms. The van der Waals surface area contributed by atoms with Crippen LogP contribution in [0.3, 0.4) is 0 Å². The maximum atomic E-state index is 12.1. The molecule has 1 N–H and O–H groups in total. The predicted octanol–water partition coefficient (Wildman–Crippen LogP) is 1.76. The Hall–Kier alpha value is -0.650. The van der Waals surface area contributed by atoms with E-state index in [9.17, 15) is 4.79 Å². The fourth-order valence-electron chi connectivity index (χ4n) is 2.37. The summed E-state index contributed by atoms with van der Waals surface area (Å²) in [4.78, 5) is 14.4. The molecule has 5 nitrogen and oxygen atoms in total. The van der Waals surface area contributed by atoms with E-state index in [2.05, 4.69) is 10.2 Å². The second-order valence-electron chi connectivity index (χ2n) is 5.87.